The summed E-state index contributed by atoms with van der Waals surface area (Å²) in [5.74, 6) is -0.360. The lowest BCUT2D eigenvalue weighted by Crippen LogP contribution is -2.27. The van der Waals surface area contributed by atoms with E-state index in [-0.39, 0.29) is 23.8 Å². The smallest absolute Gasteiger partial charge is 0.281 e. The monoisotopic (exact) mass is 275 g/mol. The van der Waals surface area contributed by atoms with Gasteiger partial charge in [0, 0.05) is 12.8 Å². The highest BCUT2D eigenvalue weighted by Crippen LogP contribution is 2.11. The molecule has 0 fully saturated rings. The van der Waals surface area contributed by atoms with Crippen molar-refractivity contribution in [1.82, 2.24) is 9.38 Å². The van der Waals surface area contributed by atoms with Crippen LogP contribution in [0, 0.1) is 13.8 Å². The van der Waals surface area contributed by atoms with Gasteiger partial charge in [-0.1, -0.05) is 6.07 Å². The molecule has 6 nitrogen and oxygen atoms in total. The average Bonchev–Trinajstić information content (AvgIpc) is 2.42. The van der Waals surface area contributed by atoms with Crippen molar-refractivity contribution in [2.75, 3.05) is 18.5 Å². The van der Waals surface area contributed by atoms with Crippen molar-refractivity contribution in [2.24, 2.45) is 0 Å². The van der Waals surface area contributed by atoms with Crippen molar-refractivity contribution in [2.45, 2.75) is 20.8 Å². The van der Waals surface area contributed by atoms with Crippen molar-refractivity contribution in [3.63, 3.8) is 0 Å². The SMILES string of the molecule is CCOCC(=O)Nc1c(C)nc2c(C)cccn2c1=O. The second-order valence-corrected chi connectivity index (χ2v) is 4.45. The Kier molecular flexibility index (Phi) is 4.14. The van der Waals surface area contributed by atoms with E-state index in [0.29, 0.717) is 17.9 Å². The van der Waals surface area contributed by atoms with E-state index in [9.17, 15) is 9.59 Å². The normalized spacial score (nSPS) is 10.8. The lowest BCUT2D eigenvalue weighted by Gasteiger charge is -2.10. The third-order valence-corrected chi connectivity index (χ3v) is 2.93. The van der Waals surface area contributed by atoms with Crippen LogP contribution in [0.15, 0.2) is 23.1 Å². The van der Waals surface area contributed by atoms with Gasteiger partial charge in [0.05, 0.1) is 5.69 Å². The summed E-state index contributed by atoms with van der Waals surface area (Å²) in [6.45, 7) is 5.75. The molecule has 2 aromatic heterocycles. The Labute approximate surface area is 116 Å². The molecule has 0 aliphatic rings. The number of aromatic nitrogens is 2. The predicted octanol–water partition coefficient (Wildman–Crippen LogP) is 1.29. The zero-order valence-electron chi connectivity index (χ0n) is 11.8. The largest absolute Gasteiger partial charge is 0.372 e. The molecule has 0 atom stereocenters. The fourth-order valence-corrected chi connectivity index (χ4v) is 1.92. The predicted molar refractivity (Wildman–Crippen MR) is 76.1 cm³/mol. The molecule has 6 heteroatoms. The molecule has 2 heterocycles. The number of hydrogen-bond donors (Lipinski definition) is 1. The number of carbonyl (C=O) groups is 1. The van der Waals surface area contributed by atoms with E-state index in [1.165, 1.54) is 4.40 Å². The van der Waals surface area contributed by atoms with Crippen molar-refractivity contribution >= 4 is 17.2 Å². The maximum Gasteiger partial charge on any atom is 0.281 e. The minimum Gasteiger partial charge on any atom is -0.372 e. The first kappa shape index (κ1) is 14.2. The number of ether oxygens (including phenoxy) is 1. The molecule has 1 N–H and O–H groups in total. The standard InChI is InChI=1S/C14H17N3O3/c1-4-20-8-11(18)16-12-10(3)15-13-9(2)6-5-7-17(13)14(12)19/h5-7H,4,8H2,1-3H3,(H,16,18). The number of hydrogen-bond acceptors (Lipinski definition) is 4. The van der Waals surface area contributed by atoms with Gasteiger partial charge in [-0.2, -0.15) is 0 Å². The average molecular weight is 275 g/mol. The number of aryl methyl sites for hydroxylation is 2. The number of carbonyl (C=O) groups excluding carboxylic acids is 1. The van der Waals surface area contributed by atoms with E-state index in [4.69, 9.17) is 4.74 Å². The molecule has 0 aliphatic heterocycles. The Bertz CT molecular complexity index is 707. The van der Waals surface area contributed by atoms with E-state index in [1.807, 2.05) is 13.0 Å². The maximum atomic E-state index is 12.4. The third-order valence-electron chi connectivity index (χ3n) is 2.93. The Hall–Kier alpha value is -2.21. The van der Waals surface area contributed by atoms with Crippen molar-refractivity contribution in [3.8, 4) is 0 Å². The molecule has 0 aromatic carbocycles. The molecule has 1 amide bonds. The first-order valence-corrected chi connectivity index (χ1v) is 6.40. The van der Waals surface area contributed by atoms with Crippen molar-refractivity contribution < 1.29 is 9.53 Å². The van der Waals surface area contributed by atoms with E-state index < -0.39 is 0 Å². The second-order valence-electron chi connectivity index (χ2n) is 4.45. The van der Waals surface area contributed by atoms with Crippen molar-refractivity contribution in [1.29, 1.82) is 0 Å². The van der Waals surface area contributed by atoms with Crippen LogP contribution >= 0.6 is 0 Å². The lowest BCUT2D eigenvalue weighted by atomic mass is 10.2. The summed E-state index contributed by atoms with van der Waals surface area (Å²) in [7, 11) is 0. The molecule has 0 unspecified atom stereocenters. The van der Waals surface area contributed by atoms with Crippen molar-refractivity contribution in [3.05, 3.63) is 39.9 Å². The van der Waals surface area contributed by atoms with Crippen LogP contribution in [0.5, 0.6) is 0 Å². The molecule has 0 bridgehead atoms. The first-order chi connectivity index (χ1) is 9.54. The van der Waals surface area contributed by atoms with Crippen LogP contribution in [0.2, 0.25) is 0 Å². The molecular formula is C14H17N3O3. The van der Waals surface area contributed by atoms with Gasteiger partial charge in [0.15, 0.2) is 0 Å². The van der Waals surface area contributed by atoms with Gasteiger partial charge in [-0.3, -0.25) is 14.0 Å². The van der Waals surface area contributed by atoms with Gasteiger partial charge in [-0.25, -0.2) is 4.98 Å². The van der Waals surface area contributed by atoms with Gasteiger partial charge in [0.25, 0.3) is 11.5 Å². The van der Waals surface area contributed by atoms with Gasteiger partial charge in [0.1, 0.15) is 17.9 Å². The summed E-state index contributed by atoms with van der Waals surface area (Å²) < 4.78 is 6.44. The first-order valence-electron chi connectivity index (χ1n) is 6.40. The third kappa shape index (κ3) is 2.70. The highest BCUT2D eigenvalue weighted by molar-refractivity contribution is 5.92. The molecule has 20 heavy (non-hydrogen) atoms. The van der Waals surface area contributed by atoms with Crippen LogP contribution in [-0.2, 0) is 9.53 Å². The molecule has 0 aliphatic carbocycles. The highest BCUT2D eigenvalue weighted by atomic mass is 16.5. The Morgan fingerprint density at radius 2 is 2.20 bits per heavy atom. The van der Waals surface area contributed by atoms with Crippen LogP contribution < -0.4 is 10.9 Å². The van der Waals surface area contributed by atoms with Gasteiger partial charge in [-0.05, 0) is 32.4 Å². The summed E-state index contributed by atoms with van der Waals surface area (Å²) in [5.41, 5.74) is 1.89. The van der Waals surface area contributed by atoms with E-state index >= 15 is 0 Å². The molecule has 0 radical (unpaired) electrons. The number of pyridine rings is 1. The number of fused-ring (bicyclic) bond motifs is 1. The molecule has 0 saturated carbocycles. The maximum absolute atomic E-state index is 12.4. The molecule has 106 valence electrons. The van der Waals surface area contributed by atoms with E-state index in [1.54, 1.807) is 26.1 Å². The minimum absolute atomic E-state index is 0.0775. The van der Waals surface area contributed by atoms with Crippen LogP contribution in [0.25, 0.3) is 5.65 Å². The van der Waals surface area contributed by atoms with Gasteiger partial charge in [-0.15, -0.1) is 0 Å². The van der Waals surface area contributed by atoms with Crippen LogP contribution in [-0.4, -0.2) is 28.5 Å². The summed E-state index contributed by atoms with van der Waals surface area (Å²) >= 11 is 0. The fourth-order valence-electron chi connectivity index (χ4n) is 1.92. The molecule has 0 spiro atoms. The summed E-state index contributed by atoms with van der Waals surface area (Å²) in [6.07, 6.45) is 1.63. The number of nitrogens with zero attached hydrogens (tertiary/aromatic N) is 2. The van der Waals surface area contributed by atoms with E-state index in [2.05, 4.69) is 10.3 Å². The number of amides is 1. The minimum atomic E-state index is -0.360. The molecule has 0 saturated heterocycles. The van der Waals surface area contributed by atoms with Gasteiger partial charge in [0.2, 0.25) is 0 Å². The van der Waals surface area contributed by atoms with Crippen LogP contribution in [0.3, 0.4) is 0 Å². The molecular weight excluding hydrogens is 258 g/mol. The Balaban J connectivity index is 2.45. The summed E-state index contributed by atoms with van der Waals surface area (Å²) in [5, 5.41) is 2.57. The van der Waals surface area contributed by atoms with Crippen LogP contribution in [0.1, 0.15) is 18.2 Å². The quantitative estimate of drug-likeness (QED) is 0.912. The number of rotatable bonds is 4. The number of anilines is 1. The number of nitrogens with one attached hydrogen (secondary N) is 1. The topological polar surface area (TPSA) is 72.7 Å². The Morgan fingerprint density at radius 1 is 1.45 bits per heavy atom. The summed E-state index contributed by atoms with van der Waals surface area (Å²) in [6, 6.07) is 3.65. The van der Waals surface area contributed by atoms with Crippen LogP contribution in [0.4, 0.5) is 5.69 Å². The zero-order valence-corrected chi connectivity index (χ0v) is 11.8. The Morgan fingerprint density at radius 3 is 2.90 bits per heavy atom. The second kappa shape index (κ2) is 5.83. The fraction of sp³-hybridized carbons (Fsp3) is 0.357. The summed E-state index contributed by atoms with van der Waals surface area (Å²) in [4.78, 5) is 28.4. The zero-order chi connectivity index (χ0) is 14.7. The molecule has 2 rings (SSSR count). The van der Waals surface area contributed by atoms with Gasteiger partial charge < -0.3 is 10.1 Å². The van der Waals surface area contributed by atoms with Gasteiger partial charge >= 0.3 is 0 Å². The highest BCUT2D eigenvalue weighted by Gasteiger charge is 2.13. The lowest BCUT2D eigenvalue weighted by molar-refractivity contribution is -0.120. The molecule has 2 aromatic rings. The van der Waals surface area contributed by atoms with E-state index in [0.717, 1.165) is 5.56 Å².